The zero-order valence-electron chi connectivity index (χ0n) is 16.9. The van der Waals surface area contributed by atoms with Gasteiger partial charge in [0.1, 0.15) is 5.82 Å². The Balaban J connectivity index is 1.88. The number of aromatic nitrogens is 2. The van der Waals surface area contributed by atoms with Gasteiger partial charge in [0.05, 0.1) is 11.4 Å². The molecule has 2 heterocycles. The lowest BCUT2D eigenvalue weighted by atomic mass is 10.0. The zero-order valence-corrected chi connectivity index (χ0v) is 16.9. The third-order valence-electron chi connectivity index (χ3n) is 5.36. The first-order valence-corrected chi connectivity index (χ1v) is 10.2. The van der Waals surface area contributed by atoms with Crippen LogP contribution in [0.4, 0.5) is 0 Å². The molecule has 0 spiro atoms. The van der Waals surface area contributed by atoms with Gasteiger partial charge in [0.15, 0.2) is 0 Å². The van der Waals surface area contributed by atoms with E-state index in [0.717, 1.165) is 17.2 Å². The summed E-state index contributed by atoms with van der Waals surface area (Å²) in [4.78, 5) is 4.71. The molecule has 0 atom stereocenters. The van der Waals surface area contributed by atoms with Crippen molar-refractivity contribution in [1.82, 2.24) is 9.55 Å². The van der Waals surface area contributed by atoms with Crippen LogP contribution in [0.15, 0.2) is 115 Å². The molecule has 0 aliphatic carbocycles. The summed E-state index contributed by atoms with van der Waals surface area (Å²) in [6.45, 7) is 2.12. The third-order valence-corrected chi connectivity index (χ3v) is 5.36. The molecule has 2 heteroatoms. The molecule has 0 amide bonds. The zero-order chi connectivity index (χ0) is 20.3. The Bertz CT molecular complexity index is 1250. The van der Waals surface area contributed by atoms with Crippen molar-refractivity contribution in [2.24, 2.45) is 0 Å². The quantitative estimate of drug-likeness (QED) is 0.320. The van der Waals surface area contributed by atoms with E-state index in [9.17, 15) is 0 Å². The lowest BCUT2D eigenvalue weighted by Gasteiger charge is -2.14. The highest BCUT2D eigenvalue weighted by atomic mass is 15.1. The molecule has 0 saturated carbocycles. The highest BCUT2D eigenvalue weighted by Crippen LogP contribution is 2.40. The summed E-state index contributed by atoms with van der Waals surface area (Å²) in [6, 6.07) is 38.2. The van der Waals surface area contributed by atoms with Gasteiger partial charge in [-0.3, -0.25) is 4.57 Å². The number of hydrogen-bond donors (Lipinski definition) is 0. The number of benzene rings is 3. The molecule has 0 saturated heterocycles. The first-order chi connectivity index (χ1) is 14.8. The molecule has 0 radical (unpaired) electrons. The van der Waals surface area contributed by atoms with E-state index in [1.807, 2.05) is 18.3 Å². The van der Waals surface area contributed by atoms with Crippen LogP contribution < -0.4 is 0 Å². The van der Waals surface area contributed by atoms with Crippen LogP contribution in [0.2, 0.25) is 0 Å². The molecule has 0 aliphatic rings. The first-order valence-electron chi connectivity index (χ1n) is 10.2. The fourth-order valence-electron chi connectivity index (χ4n) is 3.89. The maximum Gasteiger partial charge on any atom is 0.137 e. The van der Waals surface area contributed by atoms with Crippen molar-refractivity contribution in [1.29, 1.82) is 0 Å². The summed E-state index contributed by atoms with van der Waals surface area (Å²) < 4.78 is 2.28. The van der Waals surface area contributed by atoms with Crippen LogP contribution in [0.1, 0.15) is 5.56 Å². The van der Waals surface area contributed by atoms with Crippen molar-refractivity contribution in [3.05, 3.63) is 121 Å². The van der Waals surface area contributed by atoms with Crippen LogP contribution >= 0.6 is 0 Å². The number of nitrogens with zero attached hydrogens (tertiary/aromatic N) is 2. The van der Waals surface area contributed by atoms with Crippen molar-refractivity contribution in [3.8, 4) is 39.5 Å². The number of rotatable bonds is 4. The van der Waals surface area contributed by atoms with Crippen molar-refractivity contribution in [2.75, 3.05) is 0 Å². The molecule has 30 heavy (non-hydrogen) atoms. The van der Waals surface area contributed by atoms with Crippen LogP contribution in [-0.2, 0) is 0 Å². The van der Waals surface area contributed by atoms with Gasteiger partial charge in [-0.1, -0.05) is 96.6 Å². The third kappa shape index (κ3) is 3.33. The van der Waals surface area contributed by atoms with E-state index in [-0.39, 0.29) is 0 Å². The Labute approximate surface area is 177 Å². The van der Waals surface area contributed by atoms with Crippen molar-refractivity contribution < 1.29 is 0 Å². The van der Waals surface area contributed by atoms with E-state index >= 15 is 0 Å². The lowest BCUT2D eigenvalue weighted by molar-refractivity contribution is 1.02. The average molecular weight is 386 g/mol. The molecule has 3 aromatic carbocycles. The highest BCUT2D eigenvalue weighted by molar-refractivity contribution is 5.88. The van der Waals surface area contributed by atoms with Gasteiger partial charge < -0.3 is 0 Å². The molecular weight excluding hydrogens is 364 g/mol. The summed E-state index contributed by atoms with van der Waals surface area (Å²) in [6.07, 6.45) is 1.85. The smallest absolute Gasteiger partial charge is 0.137 e. The fraction of sp³-hybridized carbons (Fsp3) is 0.0357. The summed E-state index contributed by atoms with van der Waals surface area (Å²) in [7, 11) is 0. The normalized spacial score (nSPS) is 10.8. The Hall–Kier alpha value is -3.91. The van der Waals surface area contributed by atoms with Crippen LogP contribution in [0.5, 0.6) is 0 Å². The minimum atomic E-state index is 0.911. The van der Waals surface area contributed by atoms with Crippen LogP contribution in [0.3, 0.4) is 0 Å². The van der Waals surface area contributed by atoms with Crippen molar-refractivity contribution in [2.45, 2.75) is 6.92 Å². The molecule has 0 bridgehead atoms. The average Bonchev–Trinajstić information content (AvgIpc) is 3.22. The van der Waals surface area contributed by atoms with E-state index in [0.29, 0.717) is 0 Å². The Morgan fingerprint density at radius 1 is 0.600 bits per heavy atom. The molecule has 0 N–H and O–H groups in total. The molecule has 144 valence electrons. The predicted molar refractivity (Wildman–Crippen MR) is 125 cm³/mol. The maximum atomic E-state index is 4.71. The van der Waals surface area contributed by atoms with Crippen molar-refractivity contribution >= 4 is 0 Å². The van der Waals surface area contributed by atoms with Crippen molar-refractivity contribution in [3.63, 3.8) is 0 Å². The maximum absolute atomic E-state index is 4.71. The molecule has 2 aromatic heterocycles. The van der Waals surface area contributed by atoms with Gasteiger partial charge in [0, 0.05) is 11.8 Å². The van der Waals surface area contributed by atoms with E-state index in [2.05, 4.69) is 109 Å². The molecule has 5 rings (SSSR count). The molecule has 0 fully saturated rings. The minimum Gasteiger partial charge on any atom is -0.293 e. The predicted octanol–water partition coefficient (Wildman–Crippen LogP) is 7.18. The van der Waals surface area contributed by atoms with E-state index in [1.54, 1.807) is 0 Å². The molecule has 0 unspecified atom stereocenters. The largest absolute Gasteiger partial charge is 0.293 e. The summed E-state index contributed by atoms with van der Waals surface area (Å²) in [5.41, 5.74) is 8.26. The van der Waals surface area contributed by atoms with E-state index < -0.39 is 0 Å². The summed E-state index contributed by atoms with van der Waals surface area (Å²) in [5.74, 6) is 0.911. The Morgan fingerprint density at radius 3 is 1.87 bits per heavy atom. The second-order valence-corrected chi connectivity index (χ2v) is 7.41. The lowest BCUT2D eigenvalue weighted by Crippen LogP contribution is -2.02. The second kappa shape index (κ2) is 7.84. The monoisotopic (exact) mass is 386 g/mol. The van der Waals surface area contributed by atoms with Gasteiger partial charge in [-0.05, 0) is 41.8 Å². The topological polar surface area (TPSA) is 17.8 Å². The van der Waals surface area contributed by atoms with Gasteiger partial charge in [-0.2, -0.15) is 0 Å². The van der Waals surface area contributed by atoms with Gasteiger partial charge in [0.2, 0.25) is 0 Å². The Kier molecular flexibility index (Phi) is 4.74. The standard InChI is InChI=1S/C28H22N2/c1-21-15-17-23(18-16-21)26-20-25(22-10-4-2-5-11-22)28(24-12-6-3-7-13-24)30(26)27-14-8-9-19-29-27/h2-20H,1H3. The number of pyridine rings is 1. The number of aryl methyl sites for hydroxylation is 1. The summed E-state index contributed by atoms with van der Waals surface area (Å²) in [5, 5.41) is 0. The van der Waals surface area contributed by atoms with Gasteiger partial charge >= 0.3 is 0 Å². The second-order valence-electron chi connectivity index (χ2n) is 7.41. The van der Waals surface area contributed by atoms with E-state index in [1.165, 1.54) is 27.8 Å². The Morgan fingerprint density at radius 2 is 1.23 bits per heavy atom. The fourth-order valence-corrected chi connectivity index (χ4v) is 3.89. The van der Waals surface area contributed by atoms with Crippen LogP contribution in [0.25, 0.3) is 39.5 Å². The number of hydrogen-bond acceptors (Lipinski definition) is 1. The van der Waals surface area contributed by atoms with Crippen LogP contribution in [0, 0.1) is 6.92 Å². The van der Waals surface area contributed by atoms with Gasteiger partial charge in [0.25, 0.3) is 0 Å². The SMILES string of the molecule is Cc1ccc(-c2cc(-c3ccccc3)c(-c3ccccc3)n2-c2ccccn2)cc1. The first kappa shape index (κ1) is 18.1. The minimum absolute atomic E-state index is 0.911. The van der Waals surface area contributed by atoms with Gasteiger partial charge in [-0.15, -0.1) is 0 Å². The van der Waals surface area contributed by atoms with E-state index in [4.69, 9.17) is 4.98 Å². The molecule has 2 nitrogen and oxygen atoms in total. The summed E-state index contributed by atoms with van der Waals surface area (Å²) >= 11 is 0. The highest BCUT2D eigenvalue weighted by Gasteiger charge is 2.20. The molecular formula is C28H22N2. The van der Waals surface area contributed by atoms with Gasteiger partial charge in [-0.25, -0.2) is 4.98 Å². The van der Waals surface area contributed by atoms with Crippen LogP contribution in [-0.4, -0.2) is 9.55 Å². The molecule has 5 aromatic rings. The molecule has 0 aliphatic heterocycles.